The third-order valence-corrected chi connectivity index (χ3v) is 4.13. The number of hydrogen-bond acceptors (Lipinski definition) is 0. The number of rotatable bonds is 2. The first-order chi connectivity index (χ1) is 7.68. The van der Waals surface area contributed by atoms with Crippen molar-refractivity contribution < 1.29 is 4.39 Å². The van der Waals surface area contributed by atoms with Gasteiger partial charge in [0.2, 0.25) is 0 Å². The molecule has 3 rings (SSSR count). The molecular formula is C15H17F. The maximum Gasteiger partial charge on any atom is 0.130 e. The molecule has 3 unspecified atom stereocenters. The van der Waals surface area contributed by atoms with Crippen molar-refractivity contribution in [3.05, 3.63) is 41.7 Å². The zero-order valence-corrected chi connectivity index (χ0v) is 9.78. The first kappa shape index (κ1) is 10.1. The smallest absolute Gasteiger partial charge is 0.130 e. The number of hydrogen-bond donors (Lipinski definition) is 0. The molecule has 2 aliphatic rings. The Bertz CT molecular complexity index is 445. The monoisotopic (exact) mass is 216 g/mol. The maximum atomic E-state index is 13.6. The molecule has 0 nitrogen and oxygen atoms in total. The van der Waals surface area contributed by atoms with Crippen molar-refractivity contribution in [2.24, 2.45) is 23.7 Å². The summed E-state index contributed by atoms with van der Waals surface area (Å²) in [5.74, 6) is 3.09. The molecule has 0 spiro atoms. The average molecular weight is 216 g/mol. The highest BCUT2D eigenvalue weighted by molar-refractivity contribution is 5.70. The van der Waals surface area contributed by atoms with Gasteiger partial charge in [-0.3, -0.25) is 0 Å². The lowest BCUT2D eigenvalue weighted by Gasteiger charge is -2.09. The van der Waals surface area contributed by atoms with Gasteiger partial charge in [-0.05, 0) is 41.7 Å². The molecule has 0 heterocycles. The molecular weight excluding hydrogens is 199 g/mol. The average Bonchev–Trinajstić information content (AvgIpc) is 2.76. The lowest BCUT2D eigenvalue weighted by atomic mass is 9.96. The predicted octanol–water partition coefficient (Wildman–Crippen LogP) is 4.13. The van der Waals surface area contributed by atoms with Crippen molar-refractivity contribution >= 4 is 5.57 Å². The van der Waals surface area contributed by atoms with Crippen molar-refractivity contribution in [1.29, 1.82) is 0 Å². The summed E-state index contributed by atoms with van der Waals surface area (Å²) < 4.78 is 13.6. The summed E-state index contributed by atoms with van der Waals surface area (Å²) in [6.45, 7) is 4.58. The number of benzene rings is 1. The molecule has 1 aromatic rings. The van der Waals surface area contributed by atoms with Crippen molar-refractivity contribution in [3.63, 3.8) is 0 Å². The minimum atomic E-state index is -0.0730. The molecule has 0 amide bonds. The van der Waals surface area contributed by atoms with Crippen LogP contribution < -0.4 is 0 Å². The van der Waals surface area contributed by atoms with Gasteiger partial charge in [0.25, 0.3) is 0 Å². The number of halogens is 1. The Balaban J connectivity index is 1.84. The predicted molar refractivity (Wildman–Crippen MR) is 64.3 cm³/mol. The first-order valence-corrected chi connectivity index (χ1v) is 6.14. The van der Waals surface area contributed by atoms with E-state index in [1.54, 1.807) is 12.1 Å². The van der Waals surface area contributed by atoms with Gasteiger partial charge in [-0.25, -0.2) is 4.39 Å². The summed E-state index contributed by atoms with van der Waals surface area (Å²) in [7, 11) is 0. The third kappa shape index (κ3) is 1.41. The van der Waals surface area contributed by atoms with E-state index in [4.69, 9.17) is 0 Å². The Hall–Kier alpha value is -1.11. The first-order valence-electron chi connectivity index (χ1n) is 6.14. The van der Waals surface area contributed by atoms with E-state index in [1.807, 2.05) is 12.1 Å². The lowest BCUT2D eigenvalue weighted by Crippen LogP contribution is -1.97. The quantitative estimate of drug-likeness (QED) is 0.697. The van der Waals surface area contributed by atoms with Gasteiger partial charge in [0, 0.05) is 5.56 Å². The highest BCUT2D eigenvalue weighted by Gasteiger charge is 2.53. The molecule has 1 aromatic carbocycles. The SMILES string of the molecule is CC(C)C1C2C=C(c3ccccc3F)CC21. The van der Waals surface area contributed by atoms with Crippen molar-refractivity contribution in [2.75, 3.05) is 0 Å². The Kier molecular flexibility index (Phi) is 2.17. The van der Waals surface area contributed by atoms with Gasteiger partial charge in [0.1, 0.15) is 5.82 Å². The van der Waals surface area contributed by atoms with Crippen LogP contribution in [0, 0.1) is 29.5 Å². The molecule has 1 fully saturated rings. The minimum absolute atomic E-state index is 0.0730. The van der Waals surface area contributed by atoms with E-state index >= 15 is 0 Å². The fourth-order valence-electron chi connectivity index (χ4n) is 3.35. The van der Waals surface area contributed by atoms with Crippen LogP contribution in [-0.4, -0.2) is 0 Å². The lowest BCUT2D eigenvalue weighted by molar-refractivity contribution is 0.509. The molecule has 0 saturated heterocycles. The van der Waals surface area contributed by atoms with E-state index in [-0.39, 0.29) is 5.82 Å². The zero-order valence-electron chi connectivity index (χ0n) is 9.78. The Morgan fingerprint density at radius 2 is 2.00 bits per heavy atom. The van der Waals surface area contributed by atoms with E-state index in [1.165, 1.54) is 5.57 Å². The van der Waals surface area contributed by atoms with Crippen molar-refractivity contribution in [1.82, 2.24) is 0 Å². The zero-order chi connectivity index (χ0) is 11.3. The standard InChI is InChI=1S/C15H17F/c1-9(2)15-12-7-10(8-13(12)15)11-5-3-4-6-14(11)16/h3-7,9,12-13,15H,8H2,1-2H3. The molecule has 0 aromatic heterocycles. The van der Waals surface area contributed by atoms with E-state index in [2.05, 4.69) is 19.9 Å². The highest BCUT2D eigenvalue weighted by atomic mass is 19.1. The molecule has 0 aliphatic heterocycles. The summed E-state index contributed by atoms with van der Waals surface area (Å²) in [6, 6.07) is 7.13. The maximum absolute atomic E-state index is 13.6. The molecule has 0 bridgehead atoms. The fourth-order valence-corrected chi connectivity index (χ4v) is 3.35. The minimum Gasteiger partial charge on any atom is -0.206 e. The van der Waals surface area contributed by atoms with Crippen LogP contribution in [0.2, 0.25) is 0 Å². The fraction of sp³-hybridized carbons (Fsp3) is 0.467. The second kappa shape index (κ2) is 3.44. The summed E-state index contributed by atoms with van der Waals surface area (Å²) in [6.07, 6.45) is 3.39. The summed E-state index contributed by atoms with van der Waals surface area (Å²) >= 11 is 0. The van der Waals surface area contributed by atoms with Crippen molar-refractivity contribution in [3.8, 4) is 0 Å². The largest absolute Gasteiger partial charge is 0.206 e. The van der Waals surface area contributed by atoms with Gasteiger partial charge in [-0.1, -0.05) is 38.1 Å². The van der Waals surface area contributed by atoms with Gasteiger partial charge < -0.3 is 0 Å². The molecule has 0 radical (unpaired) electrons. The Morgan fingerprint density at radius 1 is 1.25 bits per heavy atom. The van der Waals surface area contributed by atoms with E-state index in [0.717, 1.165) is 35.7 Å². The van der Waals surface area contributed by atoms with Gasteiger partial charge in [-0.2, -0.15) is 0 Å². The van der Waals surface area contributed by atoms with Crippen LogP contribution in [0.3, 0.4) is 0 Å². The second-order valence-electron chi connectivity index (χ2n) is 5.44. The Morgan fingerprint density at radius 3 is 2.56 bits per heavy atom. The summed E-state index contributed by atoms with van der Waals surface area (Å²) in [5, 5.41) is 0. The van der Waals surface area contributed by atoms with Gasteiger partial charge in [0.05, 0.1) is 0 Å². The molecule has 1 saturated carbocycles. The van der Waals surface area contributed by atoms with Gasteiger partial charge in [-0.15, -0.1) is 0 Å². The van der Waals surface area contributed by atoms with Crippen LogP contribution >= 0.6 is 0 Å². The van der Waals surface area contributed by atoms with Gasteiger partial charge >= 0.3 is 0 Å². The van der Waals surface area contributed by atoms with Crippen LogP contribution in [-0.2, 0) is 0 Å². The molecule has 16 heavy (non-hydrogen) atoms. The van der Waals surface area contributed by atoms with Crippen LogP contribution in [0.5, 0.6) is 0 Å². The topological polar surface area (TPSA) is 0 Å². The van der Waals surface area contributed by atoms with E-state index in [0.29, 0.717) is 0 Å². The normalized spacial score (nSPS) is 31.5. The molecule has 3 atom stereocenters. The van der Waals surface area contributed by atoms with E-state index in [9.17, 15) is 4.39 Å². The molecule has 2 aliphatic carbocycles. The summed E-state index contributed by atoms with van der Waals surface area (Å²) in [5.41, 5.74) is 2.04. The molecule has 84 valence electrons. The second-order valence-corrected chi connectivity index (χ2v) is 5.44. The highest BCUT2D eigenvalue weighted by Crippen LogP contribution is 2.61. The summed E-state index contributed by atoms with van der Waals surface area (Å²) in [4.78, 5) is 0. The third-order valence-electron chi connectivity index (χ3n) is 4.13. The van der Waals surface area contributed by atoms with Crippen LogP contribution in [0.1, 0.15) is 25.8 Å². The van der Waals surface area contributed by atoms with Crippen molar-refractivity contribution in [2.45, 2.75) is 20.3 Å². The number of allylic oxidation sites excluding steroid dienone is 2. The van der Waals surface area contributed by atoms with Crippen LogP contribution in [0.25, 0.3) is 5.57 Å². The number of fused-ring (bicyclic) bond motifs is 1. The molecule has 1 heteroatoms. The van der Waals surface area contributed by atoms with Crippen LogP contribution in [0.4, 0.5) is 4.39 Å². The van der Waals surface area contributed by atoms with Crippen LogP contribution in [0.15, 0.2) is 30.3 Å². The van der Waals surface area contributed by atoms with Gasteiger partial charge in [0.15, 0.2) is 0 Å². The van der Waals surface area contributed by atoms with E-state index < -0.39 is 0 Å². The Labute approximate surface area is 96.2 Å². The molecule has 0 N–H and O–H groups in total.